The highest BCUT2D eigenvalue weighted by molar-refractivity contribution is 7.89. The number of sulfonamides is 1. The highest BCUT2D eigenvalue weighted by Crippen LogP contribution is 2.38. The van der Waals surface area contributed by atoms with Crippen molar-refractivity contribution in [1.82, 2.24) is 4.31 Å². The summed E-state index contributed by atoms with van der Waals surface area (Å²) >= 11 is 0. The first-order valence-electron chi connectivity index (χ1n) is 9.40. The Labute approximate surface area is 173 Å². The predicted octanol–water partition coefficient (Wildman–Crippen LogP) is 3.91. The van der Waals surface area contributed by atoms with Crippen molar-refractivity contribution in [3.05, 3.63) is 65.2 Å². The van der Waals surface area contributed by atoms with Crippen LogP contribution in [0.1, 0.15) is 29.5 Å². The third-order valence-electron chi connectivity index (χ3n) is 5.53. The lowest BCUT2D eigenvalue weighted by molar-refractivity contribution is -0.145. The van der Waals surface area contributed by atoms with Crippen molar-refractivity contribution >= 4 is 16.0 Å². The Morgan fingerprint density at radius 2 is 1.70 bits per heavy atom. The van der Waals surface area contributed by atoms with Gasteiger partial charge in [-0.2, -0.15) is 17.5 Å². The fourth-order valence-electron chi connectivity index (χ4n) is 3.80. The van der Waals surface area contributed by atoms with Gasteiger partial charge in [-0.05, 0) is 43.0 Å². The van der Waals surface area contributed by atoms with Gasteiger partial charge in [0.15, 0.2) is 0 Å². The summed E-state index contributed by atoms with van der Waals surface area (Å²) in [6.07, 6.45) is -5.60. The van der Waals surface area contributed by atoms with Crippen molar-refractivity contribution in [1.29, 1.82) is 0 Å². The van der Waals surface area contributed by atoms with Crippen LogP contribution in [0.4, 0.5) is 13.2 Å². The van der Waals surface area contributed by atoms with Gasteiger partial charge in [0.05, 0.1) is 16.7 Å². The standard InChI is InChI=1S/C21H22F3NO4S/c1-15-5-7-18(8-6-15)30(28,29)25-11-9-20(10-12-25,19(26)27)17-4-2-3-16(13-17)14-21(22,23)24/h2-8,13H,9-12,14H2,1H3,(H,26,27). The van der Waals surface area contributed by atoms with Gasteiger partial charge in [0.1, 0.15) is 0 Å². The molecule has 0 unspecified atom stereocenters. The number of carbonyl (C=O) groups is 1. The molecule has 9 heteroatoms. The zero-order valence-electron chi connectivity index (χ0n) is 16.3. The molecule has 0 atom stereocenters. The van der Waals surface area contributed by atoms with Crippen LogP contribution in [0.2, 0.25) is 0 Å². The van der Waals surface area contributed by atoms with E-state index >= 15 is 0 Å². The van der Waals surface area contributed by atoms with Gasteiger partial charge in [0, 0.05) is 13.1 Å². The molecule has 0 radical (unpaired) electrons. The minimum Gasteiger partial charge on any atom is -0.481 e. The number of piperidine rings is 1. The van der Waals surface area contributed by atoms with E-state index in [4.69, 9.17) is 0 Å². The molecule has 1 N–H and O–H groups in total. The summed E-state index contributed by atoms with van der Waals surface area (Å²) in [6.45, 7) is 1.77. The summed E-state index contributed by atoms with van der Waals surface area (Å²) in [7, 11) is -3.78. The Bertz CT molecular complexity index is 1020. The minimum absolute atomic E-state index is 0.0182. The lowest BCUT2D eigenvalue weighted by Gasteiger charge is -2.38. The molecule has 30 heavy (non-hydrogen) atoms. The van der Waals surface area contributed by atoms with E-state index < -0.39 is 34.0 Å². The largest absolute Gasteiger partial charge is 0.481 e. The Morgan fingerprint density at radius 1 is 1.10 bits per heavy atom. The van der Waals surface area contributed by atoms with E-state index in [0.717, 1.165) is 5.56 Å². The molecule has 5 nitrogen and oxygen atoms in total. The van der Waals surface area contributed by atoms with E-state index in [9.17, 15) is 31.5 Å². The van der Waals surface area contributed by atoms with Gasteiger partial charge >= 0.3 is 12.1 Å². The van der Waals surface area contributed by atoms with Crippen molar-refractivity contribution < 1.29 is 31.5 Å². The van der Waals surface area contributed by atoms with Crippen molar-refractivity contribution in [2.45, 2.75) is 42.7 Å². The molecule has 1 saturated heterocycles. The lowest BCUT2D eigenvalue weighted by atomic mass is 9.73. The molecule has 3 rings (SSSR count). The van der Waals surface area contributed by atoms with E-state index in [1.54, 1.807) is 12.1 Å². The maximum absolute atomic E-state index is 12.9. The number of nitrogens with zero attached hydrogens (tertiary/aromatic N) is 1. The van der Waals surface area contributed by atoms with Gasteiger partial charge in [0.25, 0.3) is 0 Å². The highest BCUT2D eigenvalue weighted by atomic mass is 32.2. The Hall–Kier alpha value is -2.39. The Kier molecular flexibility index (Phi) is 5.97. The molecule has 1 fully saturated rings. The zero-order valence-corrected chi connectivity index (χ0v) is 17.1. The number of carboxylic acid groups (broad SMARTS) is 1. The fraction of sp³-hybridized carbons (Fsp3) is 0.381. The summed E-state index contributed by atoms with van der Waals surface area (Å²) in [6, 6.07) is 11.9. The fourth-order valence-corrected chi connectivity index (χ4v) is 5.25. The first-order chi connectivity index (χ1) is 13.9. The number of carboxylic acids is 1. The van der Waals surface area contributed by atoms with Crippen molar-refractivity contribution in [2.24, 2.45) is 0 Å². The number of halogens is 3. The molecule has 162 valence electrons. The van der Waals surface area contributed by atoms with E-state index in [1.165, 1.54) is 40.7 Å². The molecule has 2 aromatic carbocycles. The second kappa shape index (κ2) is 8.03. The maximum atomic E-state index is 12.9. The number of aryl methyl sites for hydroxylation is 1. The van der Waals surface area contributed by atoms with Crippen LogP contribution in [-0.2, 0) is 26.7 Å². The Balaban J connectivity index is 1.86. The molecule has 2 aromatic rings. The average molecular weight is 441 g/mol. The number of benzene rings is 2. The van der Waals surface area contributed by atoms with Gasteiger partial charge in [-0.1, -0.05) is 42.0 Å². The topological polar surface area (TPSA) is 74.7 Å². The Morgan fingerprint density at radius 3 is 2.23 bits per heavy atom. The summed E-state index contributed by atoms with van der Waals surface area (Å²) in [5.41, 5.74) is -0.267. The molecule has 1 aliphatic heterocycles. The third kappa shape index (κ3) is 4.52. The van der Waals surface area contributed by atoms with Gasteiger partial charge in [0.2, 0.25) is 10.0 Å². The van der Waals surface area contributed by atoms with Crippen LogP contribution in [0.25, 0.3) is 0 Å². The summed E-state index contributed by atoms with van der Waals surface area (Å²) < 4.78 is 65.2. The molecular weight excluding hydrogens is 419 g/mol. The second-order valence-electron chi connectivity index (χ2n) is 7.60. The lowest BCUT2D eigenvalue weighted by Crippen LogP contribution is -2.49. The van der Waals surface area contributed by atoms with Crippen LogP contribution >= 0.6 is 0 Å². The monoisotopic (exact) mass is 441 g/mol. The van der Waals surface area contributed by atoms with Gasteiger partial charge in [-0.3, -0.25) is 4.79 Å². The molecule has 0 amide bonds. The van der Waals surface area contributed by atoms with E-state index in [-0.39, 0.29) is 42.0 Å². The van der Waals surface area contributed by atoms with Crippen molar-refractivity contribution in [3.63, 3.8) is 0 Å². The van der Waals surface area contributed by atoms with E-state index in [0.29, 0.717) is 0 Å². The number of aliphatic carboxylic acids is 1. The first-order valence-corrected chi connectivity index (χ1v) is 10.8. The quantitative estimate of drug-likeness (QED) is 0.764. The first kappa shape index (κ1) is 22.3. The number of rotatable bonds is 5. The summed E-state index contributed by atoms with van der Waals surface area (Å²) in [5, 5.41) is 9.91. The smallest absolute Gasteiger partial charge is 0.393 e. The van der Waals surface area contributed by atoms with E-state index in [1.807, 2.05) is 6.92 Å². The number of alkyl halides is 3. The molecule has 0 aliphatic carbocycles. The third-order valence-corrected chi connectivity index (χ3v) is 7.44. The normalized spacial score (nSPS) is 17.6. The van der Waals surface area contributed by atoms with E-state index in [2.05, 4.69) is 0 Å². The molecule has 1 heterocycles. The zero-order chi connectivity index (χ0) is 22.2. The van der Waals surface area contributed by atoms with Crippen LogP contribution in [0, 0.1) is 6.92 Å². The average Bonchev–Trinajstić information content (AvgIpc) is 2.67. The molecule has 0 spiro atoms. The van der Waals surface area contributed by atoms with Crippen LogP contribution in [0.3, 0.4) is 0 Å². The molecule has 1 aliphatic rings. The molecule has 0 saturated carbocycles. The van der Waals surface area contributed by atoms with Crippen molar-refractivity contribution in [2.75, 3.05) is 13.1 Å². The van der Waals surface area contributed by atoms with Crippen LogP contribution in [-0.4, -0.2) is 43.1 Å². The van der Waals surface area contributed by atoms with Gasteiger partial charge in [-0.25, -0.2) is 8.42 Å². The molecular formula is C21H22F3NO4S. The second-order valence-corrected chi connectivity index (χ2v) is 9.53. The summed E-state index contributed by atoms with van der Waals surface area (Å²) in [5.74, 6) is -1.17. The molecule has 0 aromatic heterocycles. The summed E-state index contributed by atoms with van der Waals surface area (Å²) in [4.78, 5) is 12.3. The number of hydrogen-bond donors (Lipinski definition) is 1. The van der Waals surface area contributed by atoms with Gasteiger partial charge < -0.3 is 5.11 Å². The highest BCUT2D eigenvalue weighted by Gasteiger charge is 2.45. The molecule has 0 bridgehead atoms. The SMILES string of the molecule is Cc1ccc(S(=O)(=O)N2CCC(C(=O)O)(c3cccc(CC(F)(F)F)c3)CC2)cc1. The maximum Gasteiger partial charge on any atom is 0.393 e. The predicted molar refractivity (Wildman–Crippen MR) is 105 cm³/mol. The number of hydrogen-bond acceptors (Lipinski definition) is 3. The van der Waals surface area contributed by atoms with Crippen molar-refractivity contribution in [3.8, 4) is 0 Å². The van der Waals surface area contributed by atoms with Crippen LogP contribution < -0.4 is 0 Å². The van der Waals surface area contributed by atoms with Crippen LogP contribution in [0.15, 0.2) is 53.4 Å². The van der Waals surface area contributed by atoms with Crippen LogP contribution in [0.5, 0.6) is 0 Å². The minimum atomic E-state index is -4.40. The van der Waals surface area contributed by atoms with Gasteiger partial charge in [-0.15, -0.1) is 0 Å².